The molecule has 0 aliphatic carbocycles. The Hall–Kier alpha value is -1.78. The zero-order chi connectivity index (χ0) is 14.4. The predicted octanol–water partition coefficient (Wildman–Crippen LogP) is 3.65. The fraction of sp³-hybridized carbons (Fsp3) is 0.267. The number of benzene rings is 1. The summed E-state index contributed by atoms with van der Waals surface area (Å²) in [5.74, 6) is 1.83. The van der Waals surface area contributed by atoms with E-state index >= 15 is 0 Å². The molecule has 20 heavy (non-hydrogen) atoms. The Morgan fingerprint density at radius 3 is 2.70 bits per heavy atom. The number of halogens is 1. The summed E-state index contributed by atoms with van der Waals surface area (Å²) >= 11 is 6.08. The summed E-state index contributed by atoms with van der Waals surface area (Å²) in [7, 11) is 1.86. The fourth-order valence-corrected chi connectivity index (χ4v) is 1.93. The van der Waals surface area contributed by atoms with Crippen LogP contribution in [0.15, 0.2) is 36.5 Å². The van der Waals surface area contributed by atoms with E-state index in [1.165, 1.54) is 0 Å². The number of pyridine rings is 1. The molecule has 106 valence electrons. The lowest BCUT2D eigenvalue weighted by Crippen LogP contribution is -2.06. The van der Waals surface area contributed by atoms with Crippen LogP contribution in [-0.2, 0) is 6.54 Å². The highest BCUT2D eigenvalue weighted by Crippen LogP contribution is 2.31. The van der Waals surface area contributed by atoms with Gasteiger partial charge in [0.05, 0.1) is 11.6 Å². The summed E-state index contributed by atoms with van der Waals surface area (Å²) in [4.78, 5) is 4.18. The number of nitrogens with one attached hydrogen (secondary N) is 1. The zero-order valence-electron chi connectivity index (χ0n) is 11.5. The fourth-order valence-electron chi connectivity index (χ4n) is 1.76. The summed E-state index contributed by atoms with van der Waals surface area (Å²) in [5.41, 5.74) is 0.938. The molecular weight excluding hydrogens is 276 g/mol. The molecule has 5 heteroatoms. The van der Waals surface area contributed by atoms with Gasteiger partial charge < -0.3 is 14.8 Å². The van der Waals surface area contributed by atoms with Crippen LogP contribution < -0.4 is 14.8 Å². The van der Waals surface area contributed by atoms with Crippen LogP contribution in [-0.4, -0.2) is 18.6 Å². The lowest BCUT2D eigenvalue weighted by atomic mass is 10.2. The van der Waals surface area contributed by atoms with Crippen molar-refractivity contribution in [1.82, 2.24) is 10.3 Å². The van der Waals surface area contributed by atoms with Crippen molar-refractivity contribution in [3.8, 4) is 17.4 Å². The molecule has 2 aromatic rings. The van der Waals surface area contributed by atoms with Crippen molar-refractivity contribution in [2.24, 2.45) is 0 Å². The van der Waals surface area contributed by atoms with Gasteiger partial charge in [-0.1, -0.05) is 23.7 Å². The lowest BCUT2D eigenvalue weighted by molar-refractivity contribution is 0.319. The van der Waals surface area contributed by atoms with Crippen LogP contribution >= 0.6 is 11.6 Å². The summed E-state index contributed by atoms with van der Waals surface area (Å²) in [6.07, 6.45) is 1.59. The highest BCUT2D eigenvalue weighted by Gasteiger charge is 2.08. The van der Waals surface area contributed by atoms with E-state index in [1.54, 1.807) is 6.20 Å². The minimum absolute atomic E-state index is 0.492. The van der Waals surface area contributed by atoms with Gasteiger partial charge in [0.1, 0.15) is 0 Å². The predicted molar refractivity (Wildman–Crippen MR) is 79.7 cm³/mol. The molecule has 0 aliphatic rings. The molecule has 0 radical (unpaired) electrons. The third-order valence-electron chi connectivity index (χ3n) is 2.64. The first kappa shape index (κ1) is 14.6. The smallest absolute Gasteiger partial charge is 0.219 e. The van der Waals surface area contributed by atoms with E-state index in [0.717, 1.165) is 5.56 Å². The largest absolute Gasteiger partial charge is 0.490 e. The van der Waals surface area contributed by atoms with Gasteiger partial charge in [-0.3, -0.25) is 0 Å². The Bertz CT molecular complexity index is 576. The van der Waals surface area contributed by atoms with Crippen molar-refractivity contribution in [2.75, 3.05) is 13.7 Å². The molecule has 1 aromatic heterocycles. The van der Waals surface area contributed by atoms with E-state index in [1.807, 2.05) is 44.3 Å². The van der Waals surface area contributed by atoms with Crippen molar-refractivity contribution in [3.05, 3.63) is 47.1 Å². The SMILES string of the molecule is CCOc1ccccc1Oc1cc(CNC)c(Cl)cn1. The van der Waals surface area contributed by atoms with Crippen molar-refractivity contribution < 1.29 is 9.47 Å². The maximum Gasteiger partial charge on any atom is 0.219 e. The van der Waals surface area contributed by atoms with Gasteiger partial charge in [0, 0.05) is 18.8 Å². The Labute approximate surface area is 123 Å². The first-order valence-corrected chi connectivity index (χ1v) is 6.81. The van der Waals surface area contributed by atoms with Crippen LogP contribution in [0.2, 0.25) is 5.02 Å². The number of para-hydroxylation sites is 2. The van der Waals surface area contributed by atoms with E-state index in [2.05, 4.69) is 10.3 Å². The average molecular weight is 293 g/mol. The number of nitrogens with zero attached hydrogens (tertiary/aromatic N) is 1. The van der Waals surface area contributed by atoms with E-state index in [-0.39, 0.29) is 0 Å². The summed E-state index contributed by atoms with van der Waals surface area (Å²) in [6, 6.07) is 9.33. The number of aromatic nitrogens is 1. The van der Waals surface area contributed by atoms with Crippen LogP contribution in [0, 0.1) is 0 Å². The van der Waals surface area contributed by atoms with Crippen LogP contribution in [0.1, 0.15) is 12.5 Å². The van der Waals surface area contributed by atoms with Gasteiger partial charge in [-0.15, -0.1) is 0 Å². The average Bonchev–Trinajstić information content (AvgIpc) is 2.45. The molecule has 0 bridgehead atoms. The number of ether oxygens (including phenoxy) is 2. The second kappa shape index (κ2) is 7.12. The summed E-state index contributed by atoms with van der Waals surface area (Å²) in [5, 5.41) is 3.67. The molecule has 0 amide bonds. The molecule has 2 rings (SSSR count). The highest BCUT2D eigenvalue weighted by atomic mass is 35.5. The Morgan fingerprint density at radius 2 is 2.00 bits per heavy atom. The standard InChI is InChI=1S/C15H17ClN2O2/c1-3-19-13-6-4-5-7-14(13)20-15-8-11(9-17-2)12(16)10-18-15/h4-8,10,17H,3,9H2,1-2H3. The van der Waals surface area contributed by atoms with Crippen molar-refractivity contribution in [3.63, 3.8) is 0 Å². The summed E-state index contributed by atoms with van der Waals surface area (Å²) < 4.78 is 11.3. The molecule has 1 heterocycles. The first-order chi connectivity index (χ1) is 9.74. The molecule has 0 saturated heterocycles. The number of rotatable bonds is 6. The molecule has 0 saturated carbocycles. The Kier molecular flexibility index (Phi) is 5.21. The maximum atomic E-state index is 6.08. The topological polar surface area (TPSA) is 43.4 Å². The quantitative estimate of drug-likeness (QED) is 0.882. The van der Waals surface area contributed by atoms with Gasteiger partial charge in [-0.2, -0.15) is 0 Å². The van der Waals surface area contributed by atoms with Gasteiger partial charge in [0.15, 0.2) is 11.5 Å². The van der Waals surface area contributed by atoms with Gasteiger partial charge in [0.25, 0.3) is 0 Å². The van der Waals surface area contributed by atoms with Crippen LogP contribution in [0.3, 0.4) is 0 Å². The third-order valence-corrected chi connectivity index (χ3v) is 2.98. The minimum atomic E-state index is 0.492. The van der Waals surface area contributed by atoms with Crippen LogP contribution in [0.25, 0.3) is 0 Å². The molecular formula is C15H17ClN2O2. The van der Waals surface area contributed by atoms with Gasteiger partial charge in [0.2, 0.25) is 5.88 Å². The molecule has 4 nitrogen and oxygen atoms in total. The Morgan fingerprint density at radius 1 is 1.25 bits per heavy atom. The number of hydrogen-bond donors (Lipinski definition) is 1. The van der Waals surface area contributed by atoms with Gasteiger partial charge >= 0.3 is 0 Å². The van der Waals surface area contributed by atoms with E-state index < -0.39 is 0 Å². The highest BCUT2D eigenvalue weighted by molar-refractivity contribution is 6.31. The van der Waals surface area contributed by atoms with Crippen molar-refractivity contribution >= 4 is 11.6 Å². The zero-order valence-corrected chi connectivity index (χ0v) is 12.3. The molecule has 1 aromatic carbocycles. The lowest BCUT2D eigenvalue weighted by Gasteiger charge is -2.11. The van der Waals surface area contributed by atoms with E-state index in [0.29, 0.717) is 35.6 Å². The summed E-state index contributed by atoms with van der Waals surface area (Å²) in [6.45, 7) is 3.17. The van der Waals surface area contributed by atoms with Crippen molar-refractivity contribution in [2.45, 2.75) is 13.5 Å². The molecule has 0 aliphatic heterocycles. The normalized spacial score (nSPS) is 10.3. The molecule has 0 unspecified atom stereocenters. The second-order valence-corrected chi connectivity index (χ2v) is 4.53. The van der Waals surface area contributed by atoms with Gasteiger partial charge in [-0.05, 0) is 31.7 Å². The van der Waals surface area contributed by atoms with Crippen molar-refractivity contribution in [1.29, 1.82) is 0 Å². The molecule has 0 fully saturated rings. The molecule has 0 atom stereocenters. The molecule has 0 spiro atoms. The second-order valence-electron chi connectivity index (χ2n) is 4.13. The maximum absolute atomic E-state index is 6.08. The van der Waals surface area contributed by atoms with Crippen LogP contribution in [0.4, 0.5) is 0 Å². The third kappa shape index (κ3) is 3.62. The number of hydrogen-bond acceptors (Lipinski definition) is 4. The van der Waals surface area contributed by atoms with Crippen LogP contribution in [0.5, 0.6) is 17.4 Å². The van der Waals surface area contributed by atoms with Gasteiger partial charge in [-0.25, -0.2) is 4.98 Å². The molecule has 1 N–H and O–H groups in total. The minimum Gasteiger partial charge on any atom is -0.490 e. The van der Waals surface area contributed by atoms with E-state index in [9.17, 15) is 0 Å². The monoisotopic (exact) mass is 292 g/mol. The Balaban J connectivity index is 2.23. The van der Waals surface area contributed by atoms with E-state index in [4.69, 9.17) is 21.1 Å². The first-order valence-electron chi connectivity index (χ1n) is 6.43.